The third-order valence-corrected chi connectivity index (χ3v) is 3.35. The van der Waals surface area contributed by atoms with E-state index in [2.05, 4.69) is 13.8 Å². The first-order valence-corrected chi connectivity index (χ1v) is 4.91. The Hall–Kier alpha value is -0.0400. The van der Waals surface area contributed by atoms with Crippen molar-refractivity contribution in [2.24, 2.45) is 23.5 Å². The Morgan fingerprint density at radius 2 is 2.09 bits per heavy atom. The van der Waals surface area contributed by atoms with Crippen LogP contribution in [0.25, 0.3) is 0 Å². The Morgan fingerprint density at radius 3 is 2.45 bits per heavy atom. The van der Waals surface area contributed by atoms with Crippen LogP contribution < -0.4 is 5.73 Å². The summed E-state index contributed by atoms with van der Waals surface area (Å²) in [4.78, 5) is 0. The van der Waals surface area contributed by atoms with Gasteiger partial charge in [0, 0.05) is 5.54 Å². The Balaban J connectivity index is 1.83. The van der Waals surface area contributed by atoms with E-state index >= 15 is 0 Å². The quantitative estimate of drug-likeness (QED) is 0.660. The molecule has 64 valence electrons. The van der Waals surface area contributed by atoms with Gasteiger partial charge < -0.3 is 5.73 Å². The topological polar surface area (TPSA) is 26.0 Å². The van der Waals surface area contributed by atoms with Gasteiger partial charge in [-0.3, -0.25) is 0 Å². The van der Waals surface area contributed by atoms with Crippen molar-refractivity contribution in [2.45, 2.75) is 45.1 Å². The molecular formula is C10H19N. The molecule has 2 aliphatic carbocycles. The third-order valence-electron chi connectivity index (χ3n) is 3.35. The molecule has 0 saturated heterocycles. The van der Waals surface area contributed by atoms with E-state index in [0.29, 0.717) is 0 Å². The molecule has 0 aromatic heterocycles. The molecule has 2 fully saturated rings. The van der Waals surface area contributed by atoms with Crippen LogP contribution in [-0.2, 0) is 0 Å². The molecule has 0 heterocycles. The van der Waals surface area contributed by atoms with Crippen LogP contribution in [0, 0.1) is 17.8 Å². The zero-order chi connectivity index (χ0) is 8.06. The molecule has 2 unspecified atom stereocenters. The molecule has 0 bridgehead atoms. The highest BCUT2D eigenvalue weighted by molar-refractivity contribution is 5.10. The minimum atomic E-state index is 0.273. The van der Waals surface area contributed by atoms with Crippen molar-refractivity contribution in [2.75, 3.05) is 0 Å². The molecule has 0 aromatic carbocycles. The summed E-state index contributed by atoms with van der Waals surface area (Å²) in [5, 5.41) is 0. The molecule has 11 heavy (non-hydrogen) atoms. The van der Waals surface area contributed by atoms with Crippen molar-refractivity contribution in [3.05, 3.63) is 0 Å². The SMILES string of the molecule is CC(C)C1CC1(N)CC1CC1. The van der Waals surface area contributed by atoms with Crippen LogP contribution >= 0.6 is 0 Å². The maximum atomic E-state index is 6.23. The molecule has 2 aliphatic rings. The Kier molecular flexibility index (Phi) is 1.54. The Labute approximate surface area is 69.4 Å². The summed E-state index contributed by atoms with van der Waals surface area (Å²) >= 11 is 0. The van der Waals surface area contributed by atoms with Gasteiger partial charge in [-0.25, -0.2) is 0 Å². The monoisotopic (exact) mass is 153 g/mol. The standard InChI is InChI=1S/C10H19N/c1-7(2)9-6-10(9,11)5-8-3-4-8/h7-9H,3-6,11H2,1-2H3. The molecule has 2 rings (SSSR count). The lowest BCUT2D eigenvalue weighted by molar-refractivity contribution is 0.441. The van der Waals surface area contributed by atoms with Crippen molar-refractivity contribution in [3.63, 3.8) is 0 Å². The molecule has 0 aromatic rings. The van der Waals surface area contributed by atoms with Crippen LogP contribution in [0.5, 0.6) is 0 Å². The van der Waals surface area contributed by atoms with Gasteiger partial charge in [-0.2, -0.15) is 0 Å². The predicted molar refractivity (Wildman–Crippen MR) is 47.2 cm³/mol. The fraction of sp³-hybridized carbons (Fsp3) is 1.00. The minimum absolute atomic E-state index is 0.273. The molecule has 0 spiro atoms. The summed E-state index contributed by atoms with van der Waals surface area (Å²) in [6.07, 6.45) is 5.50. The van der Waals surface area contributed by atoms with E-state index in [-0.39, 0.29) is 5.54 Å². The fourth-order valence-corrected chi connectivity index (χ4v) is 2.34. The smallest absolute Gasteiger partial charge is 0.0192 e. The van der Waals surface area contributed by atoms with Crippen LogP contribution in [0.15, 0.2) is 0 Å². The van der Waals surface area contributed by atoms with Gasteiger partial charge in [0.15, 0.2) is 0 Å². The summed E-state index contributed by atoms with van der Waals surface area (Å²) in [6, 6.07) is 0. The highest BCUT2D eigenvalue weighted by Gasteiger charge is 2.53. The van der Waals surface area contributed by atoms with Crippen molar-refractivity contribution < 1.29 is 0 Å². The molecule has 2 saturated carbocycles. The average Bonchev–Trinajstić information content (AvgIpc) is 2.72. The summed E-state index contributed by atoms with van der Waals surface area (Å²) in [6.45, 7) is 4.60. The van der Waals surface area contributed by atoms with Crippen molar-refractivity contribution in [1.82, 2.24) is 0 Å². The number of nitrogens with two attached hydrogens (primary N) is 1. The van der Waals surface area contributed by atoms with Gasteiger partial charge in [0.2, 0.25) is 0 Å². The maximum absolute atomic E-state index is 6.23. The van der Waals surface area contributed by atoms with E-state index in [9.17, 15) is 0 Å². The van der Waals surface area contributed by atoms with Crippen molar-refractivity contribution in [1.29, 1.82) is 0 Å². The van der Waals surface area contributed by atoms with Gasteiger partial charge in [0.1, 0.15) is 0 Å². The van der Waals surface area contributed by atoms with Gasteiger partial charge in [0.05, 0.1) is 0 Å². The molecule has 0 amide bonds. The Bertz CT molecular complexity index is 160. The Morgan fingerprint density at radius 1 is 1.45 bits per heavy atom. The van der Waals surface area contributed by atoms with Gasteiger partial charge in [-0.05, 0) is 30.6 Å². The second kappa shape index (κ2) is 2.22. The first kappa shape index (κ1) is 7.60. The summed E-state index contributed by atoms with van der Waals surface area (Å²) < 4.78 is 0. The molecular weight excluding hydrogens is 134 g/mol. The van der Waals surface area contributed by atoms with Gasteiger partial charge >= 0.3 is 0 Å². The first-order chi connectivity index (χ1) is 5.12. The lowest BCUT2D eigenvalue weighted by Gasteiger charge is -2.12. The van der Waals surface area contributed by atoms with Crippen LogP contribution in [0.1, 0.15) is 39.5 Å². The minimum Gasteiger partial charge on any atom is -0.325 e. The zero-order valence-electron chi connectivity index (χ0n) is 7.64. The second-order valence-electron chi connectivity index (χ2n) is 4.94. The number of hydrogen-bond acceptors (Lipinski definition) is 1. The van der Waals surface area contributed by atoms with Crippen LogP contribution in [0.2, 0.25) is 0 Å². The molecule has 0 aliphatic heterocycles. The molecule has 2 N–H and O–H groups in total. The predicted octanol–water partition coefficient (Wildman–Crippen LogP) is 2.16. The fourth-order valence-electron chi connectivity index (χ4n) is 2.34. The maximum Gasteiger partial charge on any atom is 0.0192 e. The molecule has 1 nitrogen and oxygen atoms in total. The average molecular weight is 153 g/mol. The lowest BCUT2D eigenvalue weighted by atomic mass is 10.0. The largest absolute Gasteiger partial charge is 0.325 e. The number of hydrogen-bond donors (Lipinski definition) is 1. The van der Waals surface area contributed by atoms with E-state index in [1.54, 1.807) is 0 Å². The van der Waals surface area contributed by atoms with E-state index < -0.39 is 0 Å². The third kappa shape index (κ3) is 1.44. The zero-order valence-corrected chi connectivity index (χ0v) is 7.64. The van der Waals surface area contributed by atoms with E-state index in [1.165, 1.54) is 25.7 Å². The summed E-state index contributed by atoms with van der Waals surface area (Å²) in [7, 11) is 0. The summed E-state index contributed by atoms with van der Waals surface area (Å²) in [5.41, 5.74) is 6.51. The van der Waals surface area contributed by atoms with Gasteiger partial charge in [-0.15, -0.1) is 0 Å². The van der Waals surface area contributed by atoms with E-state index in [4.69, 9.17) is 5.73 Å². The highest BCUT2D eigenvalue weighted by Crippen LogP contribution is 2.53. The van der Waals surface area contributed by atoms with Crippen LogP contribution in [0.4, 0.5) is 0 Å². The van der Waals surface area contributed by atoms with Crippen molar-refractivity contribution in [3.8, 4) is 0 Å². The van der Waals surface area contributed by atoms with E-state index in [0.717, 1.165) is 17.8 Å². The highest BCUT2D eigenvalue weighted by atomic mass is 14.9. The molecule has 0 radical (unpaired) electrons. The van der Waals surface area contributed by atoms with Gasteiger partial charge in [0.25, 0.3) is 0 Å². The van der Waals surface area contributed by atoms with Crippen LogP contribution in [-0.4, -0.2) is 5.54 Å². The number of rotatable bonds is 3. The lowest BCUT2D eigenvalue weighted by Crippen LogP contribution is -2.27. The second-order valence-corrected chi connectivity index (χ2v) is 4.94. The van der Waals surface area contributed by atoms with Gasteiger partial charge in [-0.1, -0.05) is 26.7 Å². The summed E-state index contributed by atoms with van der Waals surface area (Å²) in [5.74, 6) is 2.64. The van der Waals surface area contributed by atoms with Crippen LogP contribution in [0.3, 0.4) is 0 Å². The molecule has 2 atom stereocenters. The first-order valence-electron chi connectivity index (χ1n) is 4.91. The normalized spacial score (nSPS) is 43.1. The van der Waals surface area contributed by atoms with Crippen molar-refractivity contribution >= 4 is 0 Å². The van der Waals surface area contributed by atoms with E-state index in [1.807, 2.05) is 0 Å². The molecule has 1 heteroatoms.